The molecule has 0 radical (unpaired) electrons. The smallest absolute Gasteiger partial charge is 0.223 e. The van der Waals surface area contributed by atoms with Gasteiger partial charge < -0.3 is 0 Å². The van der Waals surface area contributed by atoms with Crippen molar-refractivity contribution in [1.82, 2.24) is 19.5 Å². The Bertz CT molecular complexity index is 826. The molecular weight excluding hydrogens is 320 g/mol. The maximum absolute atomic E-state index is 12.2. The second-order valence-corrected chi connectivity index (χ2v) is 7.60. The summed E-state index contributed by atoms with van der Waals surface area (Å²) in [5.41, 5.74) is 1.75. The van der Waals surface area contributed by atoms with Gasteiger partial charge >= 0.3 is 0 Å². The minimum Gasteiger partial charge on any atom is -0.223 e. The molecule has 0 spiro atoms. The van der Waals surface area contributed by atoms with E-state index in [1.807, 2.05) is 31.2 Å². The third-order valence-electron chi connectivity index (χ3n) is 3.17. The topological polar surface area (TPSA) is 76.9 Å². The monoisotopic (exact) mass is 334 g/mol. The molecule has 0 fully saturated rings. The highest BCUT2D eigenvalue weighted by Gasteiger charge is 2.19. The minimum absolute atomic E-state index is 0.318. The summed E-state index contributed by atoms with van der Waals surface area (Å²) in [5.74, 6) is 0. The summed E-state index contributed by atoms with van der Waals surface area (Å²) in [6.07, 6.45) is 3.07. The zero-order valence-corrected chi connectivity index (χ0v) is 13.4. The van der Waals surface area contributed by atoms with E-state index in [0.717, 1.165) is 11.3 Å². The Morgan fingerprint density at radius 1 is 1.23 bits per heavy atom. The van der Waals surface area contributed by atoms with Gasteiger partial charge in [-0.2, -0.15) is 5.10 Å². The Kier molecular flexibility index (Phi) is 4.06. The fourth-order valence-corrected chi connectivity index (χ4v) is 4.27. The molecule has 2 heterocycles. The third-order valence-corrected chi connectivity index (χ3v) is 6.11. The quantitative estimate of drug-likeness (QED) is 0.777. The van der Waals surface area contributed by atoms with Crippen LogP contribution in [0.1, 0.15) is 18.5 Å². The molecule has 0 aliphatic heterocycles. The van der Waals surface area contributed by atoms with Crippen LogP contribution in [-0.4, -0.2) is 23.2 Å². The first-order chi connectivity index (χ1) is 10.6. The van der Waals surface area contributed by atoms with Crippen molar-refractivity contribution in [3.8, 4) is 5.69 Å². The molecule has 3 rings (SSSR count). The average Bonchev–Trinajstić information content (AvgIpc) is 3.20. The van der Waals surface area contributed by atoms with E-state index in [1.54, 1.807) is 28.5 Å². The largest absolute Gasteiger partial charge is 0.250 e. The predicted molar refractivity (Wildman–Crippen MR) is 84.4 cm³/mol. The van der Waals surface area contributed by atoms with Crippen molar-refractivity contribution in [2.75, 3.05) is 0 Å². The Morgan fingerprint density at radius 3 is 2.59 bits per heavy atom. The number of hydrogen-bond donors (Lipinski definition) is 1. The summed E-state index contributed by atoms with van der Waals surface area (Å²) < 4.78 is 29.1. The molecule has 1 aromatic carbocycles. The van der Waals surface area contributed by atoms with E-state index in [4.69, 9.17) is 0 Å². The van der Waals surface area contributed by atoms with Crippen molar-refractivity contribution in [1.29, 1.82) is 0 Å². The molecule has 0 aliphatic rings. The fourth-order valence-electron chi connectivity index (χ4n) is 2.03. The van der Waals surface area contributed by atoms with Crippen molar-refractivity contribution in [3.05, 3.63) is 60.0 Å². The molecule has 0 bridgehead atoms. The van der Waals surface area contributed by atoms with E-state index in [2.05, 4.69) is 14.8 Å². The van der Waals surface area contributed by atoms with Gasteiger partial charge in [0.05, 0.1) is 5.69 Å². The van der Waals surface area contributed by atoms with E-state index in [1.165, 1.54) is 17.7 Å². The molecule has 0 saturated heterocycles. The Balaban J connectivity index is 1.77. The van der Waals surface area contributed by atoms with Gasteiger partial charge in [-0.25, -0.2) is 22.8 Å². The van der Waals surface area contributed by atoms with Crippen LogP contribution in [0.2, 0.25) is 0 Å². The molecule has 114 valence electrons. The van der Waals surface area contributed by atoms with E-state index >= 15 is 0 Å². The van der Waals surface area contributed by atoms with Crippen LogP contribution < -0.4 is 4.72 Å². The maximum atomic E-state index is 12.2. The molecule has 6 nitrogen and oxygen atoms in total. The van der Waals surface area contributed by atoms with Crippen molar-refractivity contribution in [2.24, 2.45) is 0 Å². The van der Waals surface area contributed by atoms with Crippen LogP contribution >= 0.6 is 11.3 Å². The molecule has 1 atom stereocenters. The van der Waals surface area contributed by atoms with Crippen molar-refractivity contribution in [2.45, 2.75) is 17.2 Å². The fraction of sp³-hybridized carbons (Fsp3) is 0.143. The number of nitrogens with zero attached hydrogens (tertiary/aromatic N) is 3. The number of sulfonamides is 1. The molecule has 8 heteroatoms. The zero-order chi connectivity index (χ0) is 15.6. The second-order valence-electron chi connectivity index (χ2n) is 4.71. The van der Waals surface area contributed by atoms with Crippen LogP contribution in [0, 0.1) is 0 Å². The number of benzene rings is 1. The standard InChI is InChI=1S/C14H14N4O2S2/c1-11(17-22(19,20)14-3-2-8-21-14)12-4-6-13(7-5-12)18-10-15-9-16-18/h2-11,17H,1H3/t11-/m0/s1. The lowest BCUT2D eigenvalue weighted by Crippen LogP contribution is -2.26. The van der Waals surface area contributed by atoms with Crippen LogP contribution in [-0.2, 0) is 10.0 Å². The molecule has 0 unspecified atom stereocenters. The lowest BCUT2D eigenvalue weighted by Gasteiger charge is -2.14. The highest BCUT2D eigenvalue weighted by molar-refractivity contribution is 7.91. The summed E-state index contributed by atoms with van der Waals surface area (Å²) in [6, 6.07) is 10.5. The number of aromatic nitrogens is 3. The van der Waals surface area contributed by atoms with Gasteiger partial charge in [-0.3, -0.25) is 0 Å². The van der Waals surface area contributed by atoms with Gasteiger partial charge in [0.2, 0.25) is 0 Å². The van der Waals surface area contributed by atoms with Gasteiger partial charge in [0.25, 0.3) is 10.0 Å². The summed E-state index contributed by atoms with van der Waals surface area (Å²) in [7, 11) is -3.48. The Hall–Kier alpha value is -2.03. The van der Waals surface area contributed by atoms with Crippen LogP contribution in [0.3, 0.4) is 0 Å². The van der Waals surface area contributed by atoms with E-state index in [9.17, 15) is 8.42 Å². The van der Waals surface area contributed by atoms with Gasteiger partial charge in [0, 0.05) is 6.04 Å². The van der Waals surface area contributed by atoms with Crippen molar-refractivity contribution < 1.29 is 8.42 Å². The molecule has 3 aromatic rings. The van der Waals surface area contributed by atoms with Crippen molar-refractivity contribution >= 4 is 21.4 Å². The van der Waals surface area contributed by atoms with E-state index in [0.29, 0.717) is 4.21 Å². The summed E-state index contributed by atoms with van der Waals surface area (Å²) in [4.78, 5) is 3.89. The number of thiophene rings is 1. The summed E-state index contributed by atoms with van der Waals surface area (Å²) in [5, 5.41) is 5.79. The molecule has 22 heavy (non-hydrogen) atoms. The molecule has 1 N–H and O–H groups in total. The molecule has 0 amide bonds. The first-order valence-electron chi connectivity index (χ1n) is 6.57. The number of rotatable bonds is 5. The first kappa shape index (κ1) is 14.9. The molecule has 0 saturated carbocycles. The lowest BCUT2D eigenvalue weighted by atomic mass is 10.1. The SMILES string of the molecule is C[C@H](NS(=O)(=O)c1cccs1)c1ccc(-n2cncn2)cc1. The molecule has 0 aliphatic carbocycles. The van der Waals surface area contributed by atoms with E-state index < -0.39 is 10.0 Å². The summed E-state index contributed by atoms with van der Waals surface area (Å²) >= 11 is 1.20. The first-order valence-corrected chi connectivity index (χ1v) is 8.93. The number of nitrogens with one attached hydrogen (secondary N) is 1. The molecular formula is C14H14N4O2S2. The van der Waals surface area contributed by atoms with Gasteiger partial charge in [-0.15, -0.1) is 11.3 Å². The highest BCUT2D eigenvalue weighted by atomic mass is 32.2. The Labute approximate surface area is 132 Å². The van der Waals surface area contributed by atoms with Gasteiger partial charge in [0.15, 0.2) is 0 Å². The summed E-state index contributed by atoms with van der Waals surface area (Å²) in [6.45, 7) is 1.82. The van der Waals surface area contributed by atoms with Crippen LogP contribution in [0.25, 0.3) is 5.69 Å². The average molecular weight is 334 g/mol. The van der Waals surface area contributed by atoms with Crippen molar-refractivity contribution in [3.63, 3.8) is 0 Å². The maximum Gasteiger partial charge on any atom is 0.250 e. The van der Waals surface area contributed by atoms with E-state index in [-0.39, 0.29) is 6.04 Å². The van der Waals surface area contributed by atoms with Gasteiger partial charge in [0.1, 0.15) is 16.9 Å². The zero-order valence-electron chi connectivity index (χ0n) is 11.7. The second kappa shape index (κ2) is 5.99. The van der Waals surface area contributed by atoms with Crippen LogP contribution in [0.5, 0.6) is 0 Å². The predicted octanol–water partition coefficient (Wildman–Crippen LogP) is 2.37. The normalized spacial score (nSPS) is 13.1. The van der Waals surface area contributed by atoms with Crippen LogP contribution in [0.4, 0.5) is 0 Å². The van der Waals surface area contributed by atoms with Gasteiger partial charge in [-0.1, -0.05) is 18.2 Å². The minimum atomic E-state index is -3.48. The third kappa shape index (κ3) is 3.08. The Morgan fingerprint density at radius 2 is 2.00 bits per heavy atom. The highest BCUT2D eigenvalue weighted by Crippen LogP contribution is 2.21. The molecule has 2 aromatic heterocycles. The van der Waals surface area contributed by atoms with Crippen LogP contribution in [0.15, 0.2) is 58.6 Å². The lowest BCUT2D eigenvalue weighted by molar-refractivity contribution is 0.569. The van der Waals surface area contributed by atoms with Gasteiger partial charge in [-0.05, 0) is 36.1 Å². The number of hydrogen-bond acceptors (Lipinski definition) is 5.